The molecule has 0 aliphatic carbocycles. The monoisotopic (exact) mass is 333 g/mol. The molecule has 3 aromatic rings. The van der Waals surface area contributed by atoms with Crippen LogP contribution in [0.3, 0.4) is 0 Å². The standard InChI is InChI=1S/C21H23N3O/c1-3-24-11-10-15-8-9-16(12-20(15)24)23-21(25)13-18-14(2)22-19-7-5-4-6-17(18)19/h4-9,12,22H,3,10-11,13H2,1-2H3,(H,23,25). The summed E-state index contributed by atoms with van der Waals surface area (Å²) in [6, 6.07) is 14.4. The Morgan fingerprint density at radius 3 is 2.92 bits per heavy atom. The molecule has 1 aromatic heterocycles. The van der Waals surface area contributed by atoms with Gasteiger partial charge in [-0.1, -0.05) is 24.3 Å². The Morgan fingerprint density at radius 2 is 2.08 bits per heavy atom. The lowest BCUT2D eigenvalue weighted by atomic mass is 10.1. The fourth-order valence-electron chi connectivity index (χ4n) is 3.78. The first-order valence-electron chi connectivity index (χ1n) is 8.89. The highest BCUT2D eigenvalue weighted by atomic mass is 16.1. The minimum absolute atomic E-state index is 0.0221. The summed E-state index contributed by atoms with van der Waals surface area (Å²) in [5.41, 5.74) is 6.71. The molecule has 4 rings (SSSR count). The topological polar surface area (TPSA) is 48.1 Å². The number of nitrogens with zero attached hydrogens (tertiary/aromatic N) is 1. The summed E-state index contributed by atoms with van der Waals surface area (Å²) in [6.45, 7) is 6.26. The minimum atomic E-state index is 0.0221. The molecule has 0 saturated heterocycles. The number of para-hydroxylation sites is 1. The smallest absolute Gasteiger partial charge is 0.228 e. The van der Waals surface area contributed by atoms with Gasteiger partial charge in [0.2, 0.25) is 5.91 Å². The molecule has 0 saturated carbocycles. The average molecular weight is 333 g/mol. The number of H-pyrrole nitrogens is 1. The van der Waals surface area contributed by atoms with Crippen molar-refractivity contribution in [1.29, 1.82) is 0 Å². The Balaban J connectivity index is 1.54. The molecular weight excluding hydrogens is 310 g/mol. The lowest BCUT2D eigenvalue weighted by Gasteiger charge is -2.17. The van der Waals surface area contributed by atoms with Crippen LogP contribution in [-0.2, 0) is 17.6 Å². The van der Waals surface area contributed by atoms with Crippen molar-refractivity contribution < 1.29 is 4.79 Å². The molecule has 0 fully saturated rings. The van der Waals surface area contributed by atoms with E-state index in [1.54, 1.807) is 0 Å². The number of anilines is 2. The van der Waals surface area contributed by atoms with E-state index >= 15 is 0 Å². The van der Waals surface area contributed by atoms with E-state index in [0.29, 0.717) is 6.42 Å². The highest BCUT2D eigenvalue weighted by molar-refractivity contribution is 5.96. The molecule has 0 spiro atoms. The van der Waals surface area contributed by atoms with Gasteiger partial charge in [-0.2, -0.15) is 0 Å². The predicted molar refractivity (Wildman–Crippen MR) is 103 cm³/mol. The summed E-state index contributed by atoms with van der Waals surface area (Å²) in [6.07, 6.45) is 1.47. The first-order chi connectivity index (χ1) is 12.2. The number of amides is 1. The van der Waals surface area contributed by atoms with Crippen molar-refractivity contribution in [1.82, 2.24) is 4.98 Å². The molecule has 128 valence electrons. The molecule has 1 aliphatic heterocycles. The Labute approximate surface area is 147 Å². The molecule has 2 aromatic carbocycles. The third kappa shape index (κ3) is 2.88. The quantitative estimate of drug-likeness (QED) is 0.757. The van der Waals surface area contributed by atoms with Crippen LogP contribution in [0.1, 0.15) is 23.7 Å². The van der Waals surface area contributed by atoms with E-state index in [1.165, 1.54) is 11.3 Å². The predicted octanol–water partition coefficient (Wildman–Crippen LogP) is 4.04. The molecular formula is C21H23N3O. The number of nitrogens with one attached hydrogen (secondary N) is 2. The number of benzene rings is 2. The first kappa shape index (κ1) is 15.8. The number of rotatable bonds is 4. The van der Waals surface area contributed by atoms with Crippen LogP contribution in [0.5, 0.6) is 0 Å². The molecule has 25 heavy (non-hydrogen) atoms. The second kappa shape index (κ2) is 6.28. The molecule has 2 heterocycles. The third-order valence-electron chi connectivity index (χ3n) is 5.11. The second-order valence-electron chi connectivity index (χ2n) is 6.67. The summed E-state index contributed by atoms with van der Waals surface area (Å²) in [7, 11) is 0. The molecule has 0 radical (unpaired) electrons. The molecule has 2 N–H and O–H groups in total. The van der Waals surface area contributed by atoms with Crippen molar-refractivity contribution in [2.24, 2.45) is 0 Å². The average Bonchev–Trinajstić information content (AvgIpc) is 3.15. The second-order valence-corrected chi connectivity index (χ2v) is 6.67. The van der Waals surface area contributed by atoms with Crippen LogP contribution in [0.4, 0.5) is 11.4 Å². The van der Waals surface area contributed by atoms with Crippen molar-refractivity contribution in [3.8, 4) is 0 Å². The van der Waals surface area contributed by atoms with Gasteiger partial charge in [0.1, 0.15) is 0 Å². The van der Waals surface area contributed by atoms with Crippen molar-refractivity contribution >= 4 is 28.2 Å². The van der Waals surface area contributed by atoms with Gasteiger partial charge in [0, 0.05) is 41.1 Å². The van der Waals surface area contributed by atoms with Crippen LogP contribution in [0.2, 0.25) is 0 Å². The lowest BCUT2D eigenvalue weighted by Crippen LogP contribution is -2.19. The molecule has 1 aliphatic rings. The van der Waals surface area contributed by atoms with Gasteiger partial charge >= 0.3 is 0 Å². The zero-order valence-corrected chi connectivity index (χ0v) is 14.7. The van der Waals surface area contributed by atoms with Crippen molar-refractivity contribution in [2.45, 2.75) is 26.7 Å². The number of hydrogen-bond donors (Lipinski definition) is 2. The van der Waals surface area contributed by atoms with Crippen LogP contribution in [-0.4, -0.2) is 24.0 Å². The van der Waals surface area contributed by atoms with Crippen LogP contribution in [0.25, 0.3) is 10.9 Å². The van der Waals surface area contributed by atoms with Gasteiger partial charge in [0.25, 0.3) is 0 Å². The zero-order chi connectivity index (χ0) is 17.4. The normalized spacial score (nSPS) is 13.3. The largest absolute Gasteiger partial charge is 0.371 e. The number of aromatic nitrogens is 1. The van der Waals surface area contributed by atoms with E-state index in [2.05, 4.69) is 40.3 Å². The molecule has 4 nitrogen and oxygen atoms in total. The zero-order valence-electron chi connectivity index (χ0n) is 14.7. The number of aromatic amines is 1. The maximum Gasteiger partial charge on any atom is 0.228 e. The fourth-order valence-corrected chi connectivity index (χ4v) is 3.78. The van der Waals surface area contributed by atoms with Crippen molar-refractivity contribution in [2.75, 3.05) is 23.3 Å². The van der Waals surface area contributed by atoms with E-state index in [0.717, 1.165) is 47.4 Å². The third-order valence-corrected chi connectivity index (χ3v) is 5.11. The van der Waals surface area contributed by atoms with Gasteiger partial charge < -0.3 is 15.2 Å². The van der Waals surface area contributed by atoms with Crippen LogP contribution >= 0.6 is 0 Å². The number of aryl methyl sites for hydroxylation is 1. The highest BCUT2D eigenvalue weighted by Crippen LogP contribution is 2.30. The summed E-state index contributed by atoms with van der Waals surface area (Å²) < 4.78 is 0. The summed E-state index contributed by atoms with van der Waals surface area (Å²) in [4.78, 5) is 18.3. The number of likely N-dealkylation sites (N-methyl/N-ethyl adjacent to an activating group) is 1. The van der Waals surface area contributed by atoms with Crippen LogP contribution in [0, 0.1) is 6.92 Å². The Bertz CT molecular complexity index is 941. The van der Waals surface area contributed by atoms with E-state index in [4.69, 9.17) is 0 Å². The Hall–Kier alpha value is -2.75. The molecule has 1 amide bonds. The fraction of sp³-hybridized carbons (Fsp3) is 0.286. The molecule has 0 bridgehead atoms. The Morgan fingerprint density at radius 1 is 1.24 bits per heavy atom. The van der Waals surface area contributed by atoms with Crippen LogP contribution < -0.4 is 10.2 Å². The number of carbonyl (C=O) groups excluding carboxylic acids is 1. The maximum absolute atomic E-state index is 12.6. The lowest BCUT2D eigenvalue weighted by molar-refractivity contribution is -0.115. The summed E-state index contributed by atoms with van der Waals surface area (Å²) in [5.74, 6) is 0.0221. The van der Waals surface area contributed by atoms with Gasteiger partial charge in [-0.15, -0.1) is 0 Å². The molecule has 4 heteroatoms. The van der Waals surface area contributed by atoms with E-state index < -0.39 is 0 Å². The van der Waals surface area contributed by atoms with Crippen molar-refractivity contribution in [3.63, 3.8) is 0 Å². The molecule has 0 atom stereocenters. The Kier molecular flexibility index (Phi) is 3.96. The SMILES string of the molecule is CCN1CCc2ccc(NC(=O)Cc3c(C)[nH]c4ccccc34)cc21. The number of fused-ring (bicyclic) bond motifs is 2. The summed E-state index contributed by atoms with van der Waals surface area (Å²) >= 11 is 0. The number of hydrogen-bond acceptors (Lipinski definition) is 2. The van der Waals surface area contributed by atoms with Gasteiger partial charge in [0.15, 0.2) is 0 Å². The number of carbonyl (C=O) groups is 1. The van der Waals surface area contributed by atoms with E-state index in [-0.39, 0.29) is 5.91 Å². The van der Waals surface area contributed by atoms with Gasteiger partial charge in [-0.3, -0.25) is 4.79 Å². The van der Waals surface area contributed by atoms with Gasteiger partial charge in [-0.25, -0.2) is 0 Å². The minimum Gasteiger partial charge on any atom is -0.371 e. The molecule has 0 unspecified atom stereocenters. The summed E-state index contributed by atoms with van der Waals surface area (Å²) in [5, 5.41) is 4.19. The van der Waals surface area contributed by atoms with Crippen molar-refractivity contribution in [3.05, 3.63) is 59.3 Å². The first-order valence-corrected chi connectivity index (χ1v) is 8.89. The van der Waals surface area contributed by atoms with Gasteiger partial charge in [0.05, 0.1) is 6.42 Å². The van der Waals surface area contributed by atoms with Gasteiger partial charge in [-0.05, 0) is 49.6 Å². The maximum atomic E-state index is 12.6. The van der Waals surface area contributed by atoms with E-state index in [9.17, 15) is 4.79 Å². The van der Waals surface area contributed by atoms with E-state index in [1.807, 2.05) is 31.2 Å². The van der Waals surface area contributed by atoms with Crippen LogP contribution in [0.15, 0.2) is 42.5 Å². The highest BCUT2D eigenvalue weighted by Gasteiger charge is 2.18.